The molecule has 1 unspecified atom stereocenters. The summed E-state index contributed by atoms with van der Waals surface area (Å²) in [6, 6.07) is 19.5. The molecule has 0 saturated heterocycles. The standard InChI is InChI=1S/C19H20N2/c1-2-17(13-15-7-4-3-5-8-15)21-19-10-6-9-16-14-20-12-11-18(16)19/h3-12,14,17,21H,2,13H2,1H3. The van der Waals surface area contributed by atoms with Crippen LogP contribution >= 0.6 is 0 Å². The summed E-state index contributed by atoms with van der Waals surface area (Å²) in [5, 5.41) is 6.11. The Hall–Kier alpha value is -2.35. The van der Waals surface area contributed by atoms with Gasteiger partial charge in [-0.1, -0.05) is 49.4 Å². The number of nitrogens with zero attached hydrogens (tertiary/aromatic N) is 1. The Balaban J connectivity index is 1.82. The molecule has 2 heteroatoms. The third kappa shape index (κ3) is 3.22. The second kappa shape index (κ2) is 6.40. The van der Waals surface area contributed by atoms with E-state index in [9.17, 15) is 0 Å². The molecule has 0 aliphatic heterocycles. The van der Waals surface area contributed by atoms with Crippen LogP contribution in [0.1, 0.15) is 18.9 Å². The molecule has 0 bridgehead atoms. The molecule has 1 atom stereocenters. The van der Waals surface area contributed by atoms with Gasteiger partial charge in [-0.3, -0.25) is 4.98 Å². The van der Waals surface area contributed by atoms with Crippen LogP contribution in [0, 0.1) is 0 Å². The van der Waals surface area contributed by atoms with Gasteiger partial charge < -0.3 is 5.32 Å². The van der Waals surface area contributed by atoms with E-state index in [4.69, 9.17) is 0 Å². The summed E-state index contributed by atoms with van der Waals surface area (Å²) in [6.07, 6.45) is 5.90. The average molecular weight is 276 g/mol. The Labute approximate surface area is 125 Å². The molecule has 0 aliphatic carbocycles. The summed E-state index contributed by atoms with van der Waals surface area (Å²) in [6.45, 7) is 2.23. The van der Waals surface area contributed by atoms with Crippen molar-refractivity contribution in [2.45, 2.75) is 25.8 Å². The lowest BCUT2D eigenvalue weighted by Crippen LogP contribution is -2.21. The van der Waals surface area contributed by atoms with Gasteiger partial charge in [0.15, 0.2) is 0 Å². The van der Waals surface area contributed by atoms with Gasteiger partial charge in [-0.2, -0.15) is 0 Å². The molecule has 0 radical (unpaired) electrons. The second-order valence-electron chi connectivity index (χ2n) is 5.34. The molecule has 0 aliphatic rings. The number of hydrogen-bond acceptors (Lipinski definition) is 2. The van der Waals surface area contributed by atoms with Crippen LogP contribution in [0.4, 0.5) is 5.69 Å². The van der Waals surface area contributed by atoms with Crippen LogP contribution in [-0.4, -0.2) is 11.0 Å². The predicted octanol–water partition coefficient (Wildman–Crippen LogP) is 4.67. The molecule has 1 heterocycles. The highest BCUT2D eigenvalue weighted by Crippen LogP contribution is 2.24. The van der Waals surface area contributed by atoms with Gasteiger partial charge in [-0.05, 0) is 30.5 Å². The van der Waals surface area contributed by atoms with Crippen molar-refractivity contribution in [1.29, 1.82) is 0 Å². The molecule has 1 N–H and O–H groups in total. The highest BCUT2D eigenvalue weighted by molar-refractivity contribution is 5.93. The fourth-order valence-electron chi connectivity index (χ4n) is 2.66. The largest absolute Gasteiger partial charge is 0.381 e. The number of pyridine rings is 1. The molecule has 0 saturated carbocycles. The van der Waals surface area contributed by atoms with Crippen LogP contribution in [0.5, 0.6) is 0 Å². The van der Waals surface area contributed by atoms with Gasteiger partial charge in [0.1, 0.15) is 0 Å². The first-order chi connectivity index (χ1) is 10.4. The van der Waals surface area contributed by atoms with Crippen molar-refractivity contribution in [3.05, 3.63) is 72.6 Å². The van der Waals surface area contributed by atoms with E-state index in [0.717, 1.165) is 12.8 Å². The van der Waals surface area contributed by atoms with Crippen LogP contribution in [-0.2, 0) is 6.42 Å². The molecule has 1 aromatic heterocycles. The quantitative estimate of drug-likeness (QED) is 0.732. The van der Waals surface area contributed by atoms with Crippen molar-refractivity contribution in [3.8, 4) is 0 Å². The maximum Gasteiger partial charge on any atom is 0.0423 e. The first-order valence-electron chi connectivity index (χ1n) is 7.50. The summed E-state index contributed by atoms with van der Waals surface area (Å²) in [5.41, 5.74) is 2.57. The smallest absolute Gasteiger partial charge is 0.0423 e. The third-order valence-electron chi connectivity index (χ3n) is 3.86. The van der Waals surface area contributed by atoms with Crippen molar-refractivity contribution >= 4 is 16.5 Å². The topological polar surface area (TPSA) is 24.9 Å². The van der Waals surface area contributed by atoms with E-state index in [1.54, 1.807) is 0 Å². The monoisotopic (exact) mass is 276 g/mol. The normalized spacial score (nSPS) is 12.2. The minimum atomic E-state index is 0.436. The summed E-state index contributed by atoms with van der Waals surface area (Å²) in [4.78, 5) is 4.19. The van der Waals surface area contributed by atoms with Crippen LogP contribution in [0.3, 0.4) is 0 Å². The lowest BCUT2D eigenvalue weighted by atomic mass is 10.0. The van der Waals surface area contributed by atoms with Gasteiger partial charge in [-0.15, -0.1) is 0 Å². The molecule has 0 fully saturated rings. The number of hydrogen-bond donors (Lipinski definition) is 1. The number of benzene rings is 2. The van der Waals surface area contributed by atoms with E-state index in [1.165, 1.54) is 22.0 Å². The van der Waals surface area contributed by atoms with Gasteiger partial charge in [0.25, 0.3) is 0 Å². The summed E-state index contributed by atoms with van der Waals surface area (Å²) in [5.74, 6) is 0. The molecule has 2 aromatic carbocycles. The average Bonchev–Trinajstić information content (AvgIpc) is 2.55. The molecule has 21 heavy (non-hydrogen) atoms. The SMILES string of the molecule is CCC(Cc1ccccc1)Nc1cccc2cnccc12. The molecular weight excluding hydrogens is 256 g/mol. The van der Waals surface area contributed by atoms with Gasteiger partial charge >= 0.3 is 0 Å². The van der Waals surface area contributed by atoms with Crippen molar-refractivity contribution < 1.29 is 0 Å². The Morgan fingerprint density at radius 1 is 1.00 bits per heavy atom. The molecule has 0 amide bonds. The summed E-state index contributed by atoms with van der Waals surface area (Å²) < 4.78 is 0. The fourth-order valence-corrected chi connectivity index (χ4v) is 2.66. The number of fused-ring (bicyclic) bond motifs is 1. The number of rotatable bonds is 5. The number of aromatic nitrogens is 1. The Morgan fingerprint density at radius 3 is 2.67 bits per heavy atom. The Bertz CT molecular complexity index is 702. The highest BCUT2D eigenvalue weighted by Gasteiger charge is 2.09. The molecule has 3 rings (SSSR count). The van der Waals surface area contributed by atoms with Crippen molar-refractivity contribution in [2.75, 3.05) is 5.32 Å². The van der Waals surface area contributed by atoms with Crippen LogP contribution < -0.4 is 5.32 Å². The van der Waals surface area contributed by atoms with E-state index in [-0.39, 0.29) is 0 Å². The van der Waals surface area contributed by atoms with Crippen LogP contribution in [0.15, 0.2) is 67.0 Å². The molecule has 0 spiro atoms. The Kier molecular flexibility index (Phi) is 4.15. The maximum absolute atomic E-state index is 4.19. The lowest BCUT2D eigenvalue weighted by Gasteiger charge is -2.19. The molecular formula is C19H20N2. The molecule has 106 valence electrons. The van der Waals surface area contributed by atoms with Crippen molar-refractivity contribution in [1.82, 2.24) is 4.98 Å². The minimum absolute atomic E-state index is 0.436. The fraction of sp³-hybridized carbons (Fsp3) is 0.211. The van der Waals surface area contributed by atoms with Crippen LogP contribution in [0.25, 0.3) is 10.8 Å². The second-order valence-corrected chi connectivity index (χ2v) is 5.34. The lowest BCUT2D eigenvalue weighted by molar-refractivity contribution is 0.691. The van der Waals surface area contributed by atoms with Crippen molar-refractivity contribution in [2.24, 2.45) is 0 Å². The molecule has 2 nitrogen and oxygen atoms in total. The maximum atomic E-state index is 4.19. The van der Waals surface area contributed by atoms with E-state index < -0.39 is 0 Å². The molecule has 3 aromatic rings. The van der Waals surface area contributed by atoms with E-state index in [2.05, 4.69) is 71.8 Å². The summed E-state index contributed by atoms with van der Waals surface area (Å²) >= 11 is 0. The van der Waals surface area contributed by atoms with Gasteiger partial charge in [-0.25, -0.2) is 0 Å². The predicted molar refractivity (Wildman–Crippen MR) is 89.6 cm³/mol. The van der Waals surface area contributed by atoms with Gasteiger partial charge in [0.05, 0.1) is 0 Å². The van der Waals surface area contributed by atoms with Crippen molar-refractivity contribution in [3.63, 3.8) is 0 Å². The zero-order valence-corrected chi connectivity index (χ0v) is 12.3. The van der Waals surface area contributed by atoms with E-state index in [1.807, 2.05) is 12.4 Å². The third-order valence-corrected chi connectivity index (χ3v) is 3.86. The zero-order valence-electron chi connectivity index (χ0n) is 12.3. The first kappa shape index (κ1) is 13.6. The van der Waals surface area contributed by atoms with Crippen LogP contribution in [0.2, 0.25) is 0 Å². The van der Waals surface area contributed by atoms with E-state index >= 15 is 0 Å². The first-order valence-corrected chi connectivity index (χ1v) is 7.50. The zero-order chi connectivity index (χ0) is 14.5. The van der Waals surface area contributed by atoms with Gasteiger partial charge in [0.2, 0.25) is 0 Å². The summed E-state index contributed by atoms with van der Waals surface area (Å²) in [7, 11) is 0. The van der Waals surface area contributed by atoms with Gasteiger partial charge in [0, 0.05) is 34.9 Å². The Morgan fingerprint density at radius 2 is 1.86 bits per heavy atom. The number of nitrogens with one attached hydrogen (secondary N) is 1. The highest BCUT2D eigenvalue weighted by atomic mass is 14.9. The number of anilines is 1. The minimum Gasteiger partial charge on any atom is -0.381 e. The van der Waals surface area contributed by atoms with E-state index in [0.29, 0.717) is 6.04 Å².